The van der Waals surface area contributed by atoms with E-state index in [1.54, 1.807) is 18.2 Å². The number of aryl methyl sites for hydroxylation is 1. The van der Waals surface area contributed by atoms with E-state index >= 15 is 0 Å². The summed E-state index contributed by atoms with van der Waals surface area (Å²) in [5.74, 6) is 0. The zero-order valence-corrected chi connectivity index (χ0v) is 41.6. The van der Waals surface area contributed by atoms with Gasteiger partial charge in [0.2, 0.25) is 0 Å². The molecule has 0 spiro atoms. The van der Waals surface area contributed by atoms with Crippen LogP contribution in [0.1, 0.15) is 284 Å². The first-order chi connectivity index (χ1) is 28.8. The Labute approximate surface area is 372 Å². The predicted molar refractivity (Wildman–Crippen MR) is 262 cm³/mol. The highest BCUT2D eigenvalue weighted by atomic mass is 32.2. The van der Waals surface area contributed by atoms with Gasteiger partial charge in [0.05, 0.1) is 31.1 Å². The molecule has 0 aliphatic rings. The van der Waals surface area contributed by atoms with Crippen molar-refractivity contribution in [1.82, 2.24) is 0 Å². The Hall–Kier alpha value is -0.910. The Morgan fingerprint density at radius 2 is 0.593 bits per heavy atom. The second-order valence-corrected chi connectivity index (χ2v) is 20.1. The van der Waals surface area contributed by atoms with Crippen LogP contribution in [0.2, 0.25) is 0 Å². The van der Waals surface area contributed by atoms with E-state index in [1.807, 2.05) is 0 Å². The van der Waals surface area contributed by atoms with E-state index in [0.717, 1.165) is 12.8 Å². The molecule has 1 rings (SSSR count). The molecule has 0 heterocycles. The molecule has 0 bridgehead atoms. The number of quaternary nitrogens is 1. The van der Waals surface area contributed by atoms with Gasteiger partial charge in [-0.3, -0.25) is 0 Å². The molecule has 0 aliphatic carbocycles. The van der Waals surface area contributed by atoms with Crippen LogP contribution in [-0.4, -0.2) is 43.6 Å². The van der Waals surface area contributed by atoms with Crippen molar-refractivity contribution in [1.29, 1.82) is 0 Å². The number of benzene rings is 1. The van der Waals surface area contributed by atoms with Crippen molar-refractivity contribution in [2.45, 2.75) is 290 Å². The fraction of sp³-hybridized carbons (Fsp3) is 0.889. The summed E-state index contributed by atoms with van der Waals surface area (Å²) in [7, 11) is -4.35. The van der Waals surface area contributed by atoms with Crippen molar-refractivity contribution in [2.75, 3.05) is 26.2 Å². The number of nitrogens with zero attached hydrogens (tertiary/aromatic N) is 1. The zero-order chi connectivity index (χ0) is 43.4. The quantitative estimate of drug-likeness (QED) is 0.0373. The van der Waals surface area contributed by atoms with Crippen LogP contribution in [0, 0.1) is 0 Å². The van der Waals surface area contributed by atoms with Crippen molar-refractivity contribution in [3.05, 3.63) is 29.8 Å². The third-order valence-corrected chi connectivity index (χ3v) is 13.9. The van der Waals surface area contributed by atoms with Crippen molar-refractivity contribution in [3.63, 3.8) is 0 Å². The molecule has 59 heavy (non-hydrogen) atoms. The van der Waals surface area contributed by atoms with Gasteiger partial charge in [-0.05, 0) is 75.8 Å². The second kappa shape index (κ2) is 43.7. The van der Waals surface area contributed by atoms with Gasteiger partial charge in [-0.1, -0.05) is 239 Å². The molecule has 4 nitrogen and oxygen atoms in total. The van der Waals surface area contributed by atoms with Crippen molar-refractivity contribution >= 4 is 10.1 Å². The average molecular weight is 849 g/mol. The van der Waals surface area contributed by atoms with Gasteiger partial charge in [0.15, 0.2) is 0 Å². The van der Waals surface area contributed by atoms with E-state index in [0.29, 0.717) is 12.0 Å². The van der Waals surface area contributed by atoms with Crippen LogP contribution < -0.4 is 0 Å². The van der Waals surface area contributed by atoms with Gasteiger partial charge in [0.25, 0.3) is 0 Å². The third-order valence-electron chi connectivity index (χ3n) is 13.0. The van der Waals surface area contributed by atoms with Gasteiger partial charge in [0, 0.05) is 0 Å². The zero-order valence-electron chi connectivity index (χ0n) is 40.8. The van der Waals surface area contributed by atoms with Crippen LogP contribution in [0.4, 0.5) is 0 Å². The molecule has 0 N–H and O–H groups in total. The summed E-state index contributed by atoms with van der Waals surface area (Å²) in [6.45, 7) is 17.5. The number of unbranched alkanes of at least 4 members (excludes halogenated alkanes) is 33. The molecule has 0 saturated heterocycles. The lowest BCUT2D eigenvalue weighted by molar-refractivity contribution is -0.929. The number of hydrogen-bond donors (Lipinski definition) is 0. The highest BCUT2D eigenvalue weighted by Gasteiger charge is 2.25. The summed E-state index contributed by atoms with van der Waals surface area (Å²) < 4.78 is 35.0. The lowest BCUT2D eigenvalue weighted by Gasteiger charge is -2.40. The van der Waals surface area contributed by atoms with Crippen molar-refractivity contribution < 1.29 is 17.5 Å². The summed E-state index contributed by atoms with van der Waals surface area (Å²) >= 11 is 0. The molecule has 1 aromatic rings. The van der Waals surface area contributed by atoms with Crippen molar-refractivity contribution in [2.24, 2.45) is 0 Å². The van der Waals surface area contributed by atoms with Gasteiger partial charge >= 0.3 is 0 Å². The molecule has 0 fully saturated rings. The number of rotatable bonds is 44. The van der Waals surface area contributed by atoms with Gasteiger partial charge in [-0.2, -0.15) is 0 Å². The van der Waals surface area contributed by atoms with Gasteiger partial charge in [-0.25, -0.2) is 8.42 Å². The SMILES string of the molecule is CCCCCCCCCCCC[N+](CCCCCCCC)(CCCCCCCC)CCCCCCCC.CCCCCCCCCCCCc1ccccc1S(=O)(=O)[O-]. The smallest absolute Gasteiger partial charge is 0.124 e. The molecular formula is C54H105NO3S. The maximum absolute atomic E-state index is 11.2. The van der Waals surface area contributed by atoms with E-state index in [-0.39, 0.29) is 4.90 Å². The minimum atomic E-state index is -4.35. The first kappa shape index (κ1) is 58.1. The fourth-order valence-corrected chi connectivity index (χ4v) is 9.78. The Morgan fingerprint density at radius 3 is 0.864 bits per heavy atom. The molecule has 5 heteroatoms. The van der Waals surface area contributed by atoms with Crippen LogP contribution in [0.5, 0.6) is 0 Å². The molecule has 1 aromatic carbocycles. The van der Waals surface area contributed by atoms with E-state index in [1.165, 1.54) is 268 Å². The minimum Gasteiger partial charge on any atom is -0.744 e. The maximum atomic E-state index is 11.2. The summed E-state index contributed by atoms with van der Waals surface area (Å²) in [6, 6.07) is 6.56. The maximum Gasteiger partial charge on any atom is 0.124 e. The largest absolute Gasteiger partial charge is 0.744 e. The van der Waals surface area contributed by atoms with Crippen LogP contribution in [-0.2, 0) is 16.5 Å². The van der Waals surface area contributed by atoms with Crippen LogP contribution in [0.25, 0.3) is 0 Å². The van der Waals surface area contributed by atoms with Gasteiger partial charge in [0.1, 0.15) is 10.1 Å². The molecule has 0 radical (unpaired) electrons. The Kier molecular flexibility index (Phi) is 43.1. The topological polar surface area (TPSA) is 57.2 Å². The fourth-order valence-electron chi connectivity index (χ4n) is 9.05. The minimum absolute atomic E-state index is 0.0501. The first-order valence-electron chi connectivity index (χ1n) is 26.7. The lowest BCUT2D eigenvalue weighted by Crippen LogP contribution is -2.50. The van der Waals surface area contributed by atoms with E-state index in [2.05, 4.69) is 34.6 Å². The Morgan fingerprint density at radius 1 is 0.356 bits per heavy atom. The highest BCUT2D eigenvalue weighted by Crippen LogP contribution is 2.22. The molecule has 0 aliphatic heterocycles. The molecule has 0 aromatic heterocycles. The van der Waals surface area contributed by atoms with Crippen LogP contribution in [0.15, 0.2) is 29.2 Å². The Bertz CT molecular complexity index is 1050. The second-order valence-electron chi connectivity index (χ2n) is 18.7. The normalized spacial score (nSPS) is 11.9. The molecule has 0 unspecified atom stereocenters. The van der Waals surface area contributed by atoms with E-state index < -0.39 is 10.1 Å². The lowest BCUT2D eigenvalue weighted by atomic mass is 10.0. The van der Waals surface area contributed by atoms with Crippen molar-refractivity contribution in [3.8, 4) is 0 Å². The van der Waals surface area contributed by atoms with Crippen LogP contribution in [0.3, 0.4) is 0 Å². The van der Waals surface area contributed by atoms with E-state index in [4.69, 9.17) is 0 Å². The Balaban J connectivity index is 0.00000129. The summed E-state index contributed by atoms with van der Waals surface area (Å²) in [5.41, 5.74) is 0.664. The predicted octanol–water partition coefficient (Wildman–Crippen LogP) is 17.9. The van der Waals surface area contributed by atoms with Gasteiger partial charge < -0.3 is 9.04 Å². The van der Waals surface area contributed by atoms with Crippen LogP contribution >= 0.6 is 0 Å². The summed E-state index contributed by atoms with van der Waals surface area (Å²) in [6.07, 6.45) is 53.9. The molecule has 0 amide bonds. The number of hydrogen-bond acceptors (Lipinski definition) is 3. The standard InChI is InChI=1S/C36H76N.C18H30O3S/c1-5-9-13-17-21-22-23-24-28-32-36-37(33-29-25-18-14-10-6-2,34-30-26-19-15-11-7-3)35-31-27-20-16-12-8-4;1-2-3-4-5-6-7-8-9-10-11-14-17-15-12-13-16-18(17)22(19,20)21/h5-36H2,1-4H3;12-13,15-16H,2-11,14H2,1H3,(H,19,20,21)/q+1;/p-1. The van der Waals surface area contributed by atoms with E-state index in [9.17, 15) is 13.0 Å². The summed E-state index contributed by atoms with van der Waals surface area (Å²) in [4.78, 5) is -0.0501. The van der Waals surface area contributed by atoms with Gasteiger partial charge in [-0.15, -0.1) is 0 Å². The first-order valence-corrected chi connectivity index (χ1v) is 28.1. The molecule has 0 saturated carbocycles. The highest BCUT2D eigenvalue weighted by molar-refractivity contribution is 7.85. The average Bonchev–Trinajstić information content (AvgIpc) is 3.23. The third kappa shape index (κ3) is 37.4. The molecule has 0 atom stereocenters. The molecule has 350 valence electrons. The summed E-state index contributed by atoms with van der Waals surface area (Å²) in [5, 5.41) is 0. The monoisotopic (exact) mass is 848 g/mol. The molecular weight excluding hydrogens is 743 g/mol.